The molecule has 2 aliphatic heterocycles. The first kappa shape index (κ1) is 15.6. The van der Waals surface area contributed by atoms with Crippen molar-refractivity contribution in [1.82, 2.24) is 15.1 Å². The zero-order valence-electron chi connectivity index (χ0n) is 13.8. The summed E-state index contributed by atoms with van der Waals surface area (Å²) >= 11 is 0. The molecule has 4 nitrogen and oxygen atoms in total. The monoisotopic (exact) mass is 329 g/mol. The van der Waals surface area contributed by atoms with E-state index < -0.39 is 0 Å². The van der Waals surface area contributed by atoms with Gasteiger partial charge in [-0.15, -0.1) is 0 Å². The van der Waals surface area contributed by atoms with E-state index in [1.165, 1.54) is 12.1 Å². The minimum absolute atomic E-state index is 0.00519. The zero-order chi connectivity index (χ0) is 16.5. The van der Waals surface area contributed by atoms with Gasteiger partial charge in [-0.2, -0.15) is 0 Å². The number of amides is 2. The Labute approximate surface area is 142 Å². The van der Waals surface area contributed by atoms with Crippen molar-refractivity contribution in [3.63, 3.8) is 0 Å². The van der Waals surface area contributed by atoms with Gasteiger partial charge in [0.05, 0.1) is 6.04 Å². The third-order valence-electron chi connectivity index (χ3n) is 5.42. The van der Waals surface area contributed by atoms with Crippen LogP contribution in [0.2, 0.25) is 0 Å². The number of carbonyl (C=O) groups excluding carboxylic acids is 1. The van der Waals surface area contributed by atoms with Gasteiger partial charge in [-0.3, -0.25) is 4.90 Å². The lowest BCUT2D eigenvalue weighted by molar-refractivity contribution is 0.195. The molecule has 5 heteroatoms. The van der Waals surface area contributed by atoms with E-state index in [-0.39, 0.29) is 17.9 Å². The van der Waals surface area contributed by atoms with Crippen LogP contribution in [0.5, 0.6) is 0 Å². The van der Waals surface area contributed by atoms with Crippen molar-refractivity contribution >= 4 is 6.03 Å². The summed E-state index contributed by atoms with van der Waals surface area (Å²) in [5.41, 5.74) is 1.01. The smallest absolute Gasteiger partial charge is 0.317 e. The highest BCUT2D eigenvalue weighted by atomic mass is 19.1. The lowest BCUT2D eigenvalue weighted by Gasteiger charge is -2.26. The van der Waals surface area contributed by atoms with E-state index in [9.17, 15) is 9.18 Å². The van der Waals surface area contributed by atoms with Crippen LogP contribution in [0.3, 0.4) is 0 Å². The molecule has 0 aromatic heterocycles. The van der Waals surface area contributed by atoms with Crippen LogP contribution in [-0.4, -0.2) is 48.1 Å². The Morgan fingerprint density at radius 1 is 1.12 bits per heavy atom. The van der Waals surface area contributed by atoms with E-state index >= 15 is 0 Å². The van der Waals surface area contributed by atoms with Crippen LogP contribution in [0.4, 0.5) is 9.18 Å². The number of benzene rings is 1. The van der Waals surface area contributed by atoms with Crippen LogP contribution in [0, 0.1) is 11.7 Å². The average Bonchev–Trinajstić information content (AvgIpc) is 3.08. The summed E-state index contributed by atoms with van der Waals surface area (Å²) in [6.45, 7) is 3.61. The van der Waals surface area contributed by atoms with Crippen LogP contribution < -0.4 is 5.32 Å². The van der Waals surface area contributed by atoms with E-state index in [4.69, 9.17) is 0 Å². The second-order valence-corrected chi connectivity index (χ2v) is 7.13. The molecule has 0 radical (unpaired) electrons. The van der Waals surface area contributed by atoms with Crippen LogP contribution in [-0.2, 0) is 0 Å². The number of nitrogens with zero attached hydrogens (tertiary/aromatic N) is 2. The van der Waals surface area contributed by atoms with Gasteiger partial charge in [0, 0.05) is 32.2 Å². The van der Waals surface area contributed by atoms with E-state index in [1.54, 1.807) is 12.1 Å². The van der Waals surface area contributed by atoms with Crippen LogP contribution in [0.1, 0.15) is 30.9 Å². The fourth-order valence-electron chi connectivity index (χ4n) is 3.81. The van der Waals surface area contributed by atoms with E-state index in [2.05, 4.69) is 22.4 Å². The van der Waals surface area contributed by atoms with Crippen LogP contribution >= 0.6 is 0 Å². The quantitative estimate of drug-likeness (QED) is 0.862. The number of rotatable bonds is 4. The Morgan fingerprint density at radius 2 is 1.83 bits per heavy atom. The topological polar surface area (TPSA) is 35.6 Å². The molecule has 1 aromatic rings. The summed E-state index contributed by atoms with van der Waals surface area (Å²) in [6.07, 6.45) is 7.69. The minimum atomic E-state index is -0.235. The van der Waals surface area contributed by atoms with Crippen molar-refractivity contribution in [3.05, 3.63) is 47.8 Å². The maximum atomic E-state index is 13.2. The number of hydrogen-bond donors (Lipinski definition) is 1. The Hall–Kier alpha value is -1.88. The molecule has 4 rings (SSSR count). The lowest BCUT2D eigenvalue weighted by atomic mass is 10.0. The Balaban J connectivity index is 1.38. The molecule has 2 fully saturated rings. The van der Waals surface area contributed by atoms with Gasteiger partial charge in [0.25, 0.3) is 0 Å². The van der Waals surface area contributed by atoms with Gasteiger partial charge >= 0.3 is 6.03 Å². The molecule has 1 aliphatic carbocycles. The number of urea groups is 1. The Kier molecular flexibility index (Phi) is 4.27. The highest BCUT2D eigenvalue weighted by Gasteiger charge is 2.36. The number of nitrogens with one attached hydrogen (secondary N) is 1. The molecular weight excluding hydrogens is 305 g/mol. The highest BCUT2D eigenvalue weighted by molar-refractivity contribution is 5.75. The molecular formula is C19H24FN3O. The lowest BCUT2D eigenvalue weighted by Crippen LogP contribution is -2.43. The minimum Gasteiger partial charge on any atom is -0.331 e. The fourth-order valence-corrected chi connectivity index (χ4v) is 3.81. The summed E-state index contributed by atoms with van der Waals surface area (Å²) in [6, 6.07) is 7.03. The maximum absolute atomic E-state index is 13.2. The third-order valence-corrected chi connectivity index (χ3v) is 5.42. The van der Waals surface area contributed by atoms with E-state index in [0.717, 1.165) is 51.0 Å². The molecule has 2 atom stereocenters. The molecule has 3 aliphatic rings. The second-order valence-electron chi connectivity index (χ2n) is 7.13. The van der Waals surface area contributed by atoms with Crippen molar-refractivity contribution in [2.24, 2.45) is 5.92 Å². The van der Waals surface area contributed by atoms with Gasteiger partial charge in [0.15, 0.2) is 0 Å². The first-order chi connectivity index (χ1) is 11.7. The SMILES string of the molecule is O=C(N[C@@H](c1ccc(F)cc1)C1CC1)N1CC[C@H](N2CC=CC2)C1. The van der Waals surface area contributed by atoms with Crippen LogP contribution in [0.25, 0.3) is 0 Å². The highest BCUT2D eigenvalue weighted by Crippen LogP contribution is 2.41. The molecule has 1 saturated heterocycles. The average molecular weight is 329 g/mol. The summed E-state index contributed by atoms with van der Waals surface area (Å²) in [7, 11) is 0. The summed E-state index contributed by atoms with van der Waals surface area (Å²) in [5, 5.41) is 3.20. The molecule has 0 spiro atoms. The van der Waals surface area contributed by atoms with Crippen molar-refractivity contribution in [3.8, 4) is 0 Å². The normalized spacial score (nSPS) is 25.2. The molecule has 1 saturated carbocycles. The van der Waals surface area contributed by atoms with Crippen molar-refractivity contribution in [2.45, 2.75) is 31.3 Å². The number of hydrogen-bond acceptors (Lipinski definition) is 2. The van der Waals surface area contributed by atoms with Gasteiger partial charge in [0.1, 0.15) is 5.82 Å². The molecule has 128 valence electrons. The summed E-state index contributed by atoms with van der Waals surface area (Å²) in [4.78, 5) is 17.0. The van der Waals surface area contributed by atoms with Crippen molar-refractivity contribution in [1.29, 1.82) is 0 Å². The number of halogens is 1. The van der Waals surface area contributed by atoms with Crippen molar-refractivity contribution < 1.29 is 9.18 Å². The Bertz CT molecular complexity index is 618. The zero-order valence-corrected chi connectivity index (χ0v) is 13.8. The standard InChI is InChI=1S/C19H24FN3O/c20-16-7-5-15(6-8-16)18(14-3-4-14)21-19(24)23-12-9-17(13-23)22-10-1-2-11-22/h1-2,5-8,14,17-18H,3-4,9-13H2,(H,21,24)/t17-,18+/m0/s1. The van der Waals surface area contributed by atoms with Gasteiger partial charge < -0.3 is 10.2 Å². The predicted molar refractivity (Wildman–Crippen MR) is 91.1 cm³/mol. The molecule has 0 unspecified atom stereocenters. The van der Waals surface area contributed by atoms with Gasteiger partial charge in [0.2, 0.25) is 0 Å². The molecule has 2 amide bonds. The third kappa shape index (κ3) is 3.31. The first-order valence-electron chi connectivity index (χ1n) is 8.90. The fraction of sp³-hybridized carbons (Fsp3) is 0.526. The maximum Gasteiger partial charge on any atom is 0.317 e. The largest absolute Gasteiger partial charge is 0.331 e. The predicted octanol–water partition coefficient (Wildman–Crippen LogP) is 2.93. The van der Waals surface area contributed by atoms with Crippen molar-refractivity contribution in [2.75, 3.05) is 26.2 Å². The molecule has 0 bridgehead atoms. The molecule has 1 N–H and O–H groups in total. The number of carbonyl (C=O) groups is 1. The summed E-state index contributed by atoms with van der Waals surface area (Å²) in [5.74, 6) is 0.252. The van der Waals surface area contributed by atoms with Gasteiger partial charge in [-0.05, 0) is 42.9 Å². The molecule has 2 heterocycles. The van der Waals surface area contributed by atoms with E-state index in [1.807, 2.05) is 4.90 Å². The van der Waals surface area contributed by atoms with E-state index in [0.29, 0.717) is 12.0 Å². The van der Waals surface area contributed by atoms with Crippen LogP contribution in [0.15, 0.2) is 36.4 Å². The second kappa shape index (κ2) is 6.55. The van der Waals surface area contributed by atoms with Gasteiger partial charge in [-0.1, -0.05) is 24.3 Å². The molecule has 1 aromatic carbocycles. The Morgan fingerprint density at radius 3 is 2.50 bits per heavy atom. The summed E-state index contributed by atoms with van der Waals surface area (Å²) < 4.78 is 13.2. The van der Waals surface area contributed by atoms with Gasteiger partial charge in [-0.25, -0.2) is 9.18 Å². The first-order valence-corrected chi connectivity index (χ1v) is 8.90. The molecule has 24 heavy (non-hydrogen) atoms. The number of likely N-dealkylation sites (tertiary alicyclic amines) is 1.